The van der Waals surface area contributed by atoms with Crippen molar-refractivity contribution in [3.8, 4) is 0 Å². The average Bonchev–Trinajstić information content (AvgIpc) is 2.27. The predicted octanol–water partition coefficient (Wildman–Crippen LogP) is 4.53. The third-order valence-electron chi connectivity index (χ3n) is 2.66. The predicted molar refractivity (Wildman–Crippen MR) is 78.4 cm³/mol. The largest absolute Gasteiger partial charge is 0.456 e. The van der Waals surface area contributed by atoms with Crippen LogP contribution in [0.3, 0.4) is 0 Å². The zero-order chi connectivity index (χ0) is 13.8. The molecule has 0 heterocycles. The van der Waals surface area contributed by atoms with Crippen molar-refractivity contribution >= 4 is 21.9 Å². The first kappa shape index (κ1) is 15.2. The van der Waals surface area contributed by atoms with E-state index in [9.17, 15) is 4.79 Å². The van der Waals surface area contributed by atoms with Gasteiger partial charge in [0.15, 0.2) is 0 Å². The van der Waals surface area contributed by atoms with Crippen LogP contribution in [0.15, 0.2) is 24.3 Å². The second-order valence-electron chi connectivity index (χ2n) is 5.50. The van der Waals surface area contributed by atoms with E-state index in [2.05, 4.69) is 22.9 Å². The maximum atomic E-state index is 11.8. The number of carbonyl (C=O) groups excluding carboxylic acids is 1. The molecule has 0 aliphatic heterocycles. The van der Waals surface area contributed by atoms with Crippen molar-refractivity contribution in [2.45, 2.75) is 45.6 Å². The van der Waals surface area contributed by atoms with Crippen LogP contribution in [-0.4, -0.2) is 16.9 Å². The highest BCUT2D eigenvalue weighted by molar-refractivity contribution is 9.09. The number of benzene rings is 1. The number of esters is 1. The van der Waals surface area contributed by atoms with Crippen LogP contribution in [0.2, 0.25) is 0 Å². The summed E-state index contributed by atoms with van der Waals surface area (Å²) < 4.78 is 5.33. The monoisotopic (exact) mass is 312 g/mol. The zero-order valence-corrected chi connectivity index (χ0v) is 13.1. The molecule has 0 saturated carbocycles. The minimum Gasteiger partial charge on any atom is -0.456 e. The molecule has 1 aromatic carbocycles. The lowest BCUT2D eigenvalue weighted by Gasteiger charge is -2.19. The second kappa shape index (κ2) is 6.37. The quantitative estimate of drug-likeness (QED) is 0.603. The van der Waals surface area contributed by atoms with E-state index in [1.807, 2.05) is 45.0 Å². The molecule has 18 heavy (non-hydrogen) atoms. The molecular formula is C15H21BrO2. The molecule has 1 rings (SSSR count). The Morgan fingerprint density at radius 3 is 2.28 bits per heavy atom. The Balaban J connectivity index is 2.74. The lowest BCUT2D eigenvalue weighted by molar-refractivity contribution is 0.00695. The van der Waals surface area contributed by atoms with E-state index in [0.717, 1.165) is 11.8 Å². The number of hydrogen-bond acceptors (Lipinski definition) is 2. The minimum absolute atomic E-state index is 0.262. The van der Waals surface area contributed by atoms with Crippen molar-refractivity contribution in [3.63, 3.8) is 0 Å². The summed E-state index contributed by atoms with van der Waals surface area (Å²) in [5.74, 6) is 0.235. The van der Waals surface area contributed by atoms with E-state index in [0.29, 0.717) is 11.5 Å². The first-order valence-electron chi connectivity index (χ1n) is 6.23. The van der Waals surface area contributed by atoms with Crippen molar-refractivity contribution < 1.29 is 9.53 Å². The van der Waals surface area contributed by atoms with Crippen molar-refractivity contribution in [2.75, 3.05) is 5.33 Å². The Morgan fingerprint density at radius 2 is 1.83 bits per heavy atom. The van der Waals surface area contributed by atoms with Crippen molar-refractivity contribution in [1.29, 1.82) is 0 Å². The summed E-state index contributed by atoms with van der Waals surface area (Å²) in [4.78, 5) is 11.8. The van der Waals surface area contributed by atoms with Gasteiger partial charge in [0.25, 0.3) is 0 Å². The lowest BCUT2D eigenvalue weighted by Crippen LogP contribution is -2.23. The highest BCUT2D eigenvalue weighted by atomic mass is 79.9. The molecule has 0 fully saturated rings. The molecule has 0 radical (unpaired) electrons. The number of hydrogen-bond donors (Lipinski definition) is 0. The van der Waals surface area contributed by atoms with Crippen LogP contribution in [0.5, 0.6) is 0 Å². The first-order valence-corrected chi connectivity index (χ1v) is 7.35. The zero-order valence-electron chi connectivity index (χ0n) is 11.5. The Kier molecular flexibility index (Phi) is 5.39. The summed E-state index contributed by atoms with van der Waals surface area (Å²) in [6.07, 6.45) is 1.09. The maximum absolute atomic E-state index is 11.8. The summed E-state index contributed by atoms with van der Waals surface area (Å²) in [7, 11) is 0. The molecule has 0 bridgehead atoms. The third-order valence-corrected chi connectivity index (χ3v) is 3.11. The summed E-state index contributed by atoms with van der Waals surface area (Å²) in [5, 5.41) is 0.988. The van der Waals surface area contributed by atoms with E-state index in [1.54, 1.807) is 0 Å². The molecule has 3 heteroatoms. The van der Waals surface area contributed by atoms with Gasteiger partial charge in [0.2, 0.25) is 0 Å². The van der Waals surface area contributed by atoms with Gasteiger partial charge in [0, 0.05) is 5.33 Å². The van der Waals surface area contributed by atoms with Gasteiger partial charge in [-0.15, -0.1) is 0 Å². The van der Waals surface area contributed by atoms with Gasteiger partial charge >= 0.3 is 5.97 Å². The van der Waals surface area contributed by atoms with Gasteiger partial charge in [0.05, 0.1) is 5.56 Å². The third kappa shape index (κ3) is 4.81. The molecule has 1 atom stereocenters. The van der Waals surface area contributed by atoms with Crippen LogP contribution < -0.4 is 0 Å². The normalized spacial score (nSPS) is 13.2. The van der Waals surface area contributed by atoms with Crippen LogP contribution in [0.1, 0.15) is 56.0 Å². The van der Waals surface area contributed by atoms with Gasteiger partial charge in [-0.1, -0.05) is 35.0 Å². The molecule has 1 unspecified atom stereocenters. The molecule has 100 valence electrons. The second-order valence-corrected chi connectivity index (χ2v) is 6.30. The summed E-state index contributed by atoms with van der Waals surface area (Å²) >= 11 is 3.44. The lowest BCUT2D eigenvalue weighted by atomic mass is 9.97. The molecule has 0 N–H and O–H groups in total. The summed E-state index contributed by atoms with van der Waals surface area (Å²) in [6, 6.07) is 7.70. The van der Waals surface area contributed by atoms with Gasteiger partial charge in [-0.2, -0.15) is 0 Å². The number of ether oxygens (including phenoxy) is 1. The van der Waals surface area contributed by atoms with Crippen LogP contribution in [-0.2, 0) is 4.74 Å². The van der Waals surface area contributed by atoms with Crippen molar-refractivity contribution in [1.82, 2.24) is 0 Å². The standard InChI is InChI=1S/C15H21BrO2/c1-11(9-10-16)12-5-7-13(8-6-12)14(17)18-15(2,3)4/h5-8,11H,9-10H2,1-4H3. The van der Waals surface area contributed by atoms with Crippen molar-refractivity contribution in [3.05, 3.63) is 35.4 Å². The van der Waals surface area contributed by atoms with Crippen LogP contribution >= 0.6 is 15.9 Å². The molecular weight excluding hydrogens is 292 g/mol. The van der Waals surface area contributed by atoms with Gasteiger partial charge in [-0.3, -0.25) is 0 Å². The van der Waals surface area contributed by atoms with E-state index < -0.39 is 5.60 Å². The fourth-order valence-corrected chi connectivity index (χ4v) is 2.30. The van der Waals surface area contributed by atoms with Crippen LogP contribution in [0.25, 0.3) is 0 Å². The first-order chi connectivity index (χ1) is 8.33. The van der Waals surface area contributed by atoms with E-state index in [-0.39, 0.29) is 5.97 Å². The molecule has 1 aromatic rings. The number of rotatable bonds is 4. The van der Waals surface area contributed by atoms with Gasteiger partial charge < -0.3 is 4.74 Å². The Hall–Kier alpha value is -0.830. The molecule has 0 aromatic heterocycles. The average molecular weight is 313 g/mol. The molecule has 0 aliphatic rings. The maximum Gasteiger partial charge on any atom is 0.338 e. The Morgan fingerprint density at radius 1 is 1.28 bits per heavy atom. The molecule has 0 spiro atoms. The molecule has 2 nitrogen and oxygen atoms in total. The summed E-state index contributed by atoms with van der Waals surface area (Å²) in [6.45, 7) is 7.80. The van der Waals surface area contributed by atoms with Crippen LogP contribution in [0, 0.1) is 0 Å². The van der Waals surface area contributed by atoms with Crippen LogP contribution in [0.4, 0.5) is 0 Å². The topological polar surface area (TPSA) is 26.3 Å². The van der Waals surface area contributed by atoms with Gasteiger partial charge in [-0.05, 0) is 50.8 Å². The Bertz CT molecular complexity index is 390. The van der Waals surface area contributed by atoms with E-state index in [1.165, 1.54) is 5.56 Å². The highest BCUT2D eigenvalue weighted by Crippen LogP contribution is 2.21. The number of alkyl halides is 1. The molecule has 0 amide bonds. The molecule has 0 saturated heterocycles. The van der Waals surface area contributed by atoms with Crippen molar-refractivity contribution in [2.24, 2.45) is 0 Å². The Labute approximate surface area is 118 Å². The summed E-state index contributed by atoms with van der Waals surface area (Å²) in [5.41, 5.74) is 1.42. The van der Waals surface area contributed by atoms with E-state index >= 15 is 0 Å². The fraction of sp³-hybridized carbons (Fsp3) is 0.533. The minimum atomic E-state index is -0.445. The highest BCUT2D eigenvalue weighted by Gasteiger charge is 2.17. The van der Waals surface area contributed by atoms with Gasteiger partial charge in [0.1, 0.15) is 5.60 Å². The SMILES string of the molecule is CC(CCBr)c1ccc(C(=O)OC(C)(C)C)cc1. The van der Waals surface area contributed by atoms with E-state index in [4.69, 9.17) is 4.74 Å². The molecule has 0 aliphatic carbocycles. The number of carbonyl (C=O) groups is 1. The van der Waals surface area contributed by atoms with Gasteiger partial charge in [-0.25, -0.2) is 4.79 Å². The number of halogens is 1. The smallest absolute Gasteiger partial charge is 0.338 e. The fourth-order valence-electron chi connectivity index (χ4n) is 1.62.